The van der Waals surface area contributed by atoms with Crippen molar-refractivity contribution in [1.29, 1.82) is 0 Å². The first-order chi connectivity index (χ1) is 9.85. The average Bonchev–Trinajstić information content (AvgIpc) is 2.92. The summed E-state index contributed by atoms with van der Waals surface area (Å²) in [6.45, 7) is 0. The lowest BCUT2D eigenvalue weighted by atomic mass is 10.3. The summed E-state index contributed by atoms with van der Waals surface area (Å²) in [7, 11) is -1.25. The first kappa shape index (κ1) is 15.8. The van der Waals surface area contributed by atoms with Crippen LogP contribution in [0, 0.1) is 0 Å². The normalized spacial score (nSPS) is 20.1. The van der Waals surface area contributed by atoms with Crippen molar-refractivity contribution in [2.45, 2.75) is 17.6 Å². The van der Waals surface area contributed by atoms with Crippen LogP contribution in [0.3, 0.4) is 0 Å². The van der Waals surface area contributed by atoms with Crippen molar-refractivity contribution < 1.29 is 18.0 Å². The first-order valence-corrected chi connectivity index (χ1v) is 9.07. The van der Waals surface area contributed by atoms with Gasteiger partial charge in [0.25, 0.3) is 0 Å². The minimum absolute atomic E-state index is 0.0568. The largest absolute Gasteiger partial charge is 0.334 e. The summed E-state index contributed by atoms with van der Waals surface area (Å²) in [6, 6.07) is -1.09. The van der Waals surface area contributed by atoms with Crippen LogP contribution in [0.5, 0.6) is 0 Å². The number of hydrogen-bond donors (Lipinski definition) is 2. The lowest BCUT2D eigenvalue weighted by Gasteiger charge is -2.11. The molecule has 1 aromatic rings. The quantitative estimate of drug-likeness (QED) is 0.721. The summed E-state index contributed by atoms with van der Waals surface area (Å²) in [4.78, 5) is 27.2. The van der Waals surface area contributed by atoms with Gasteiger partial charge in [-0.2, -0.15) is 0 Å². The molecular weight excluding hydrogens is 316 g/mol. The molecule has 2 rings (SSSR count). The second kappa shape index (κ2) is 6.48. The lowest BCUT2D eigenvalue weighted by molar-refractivity contribution is -0.117. The molecular formula is C11H16N4O4S2. The molecule has 1 aliphatic heterocycles. The van der Waals surface area contributed by atoms with Crippen LogP contribution in [0.1, 0.15) is 6.42 Å². The predicted octanol–water partition coefficient (Wildman–Crippen LogP) is -0.475. The molecule has 10 heteroatoms. The monoisotopic (exact) mass is 332 g/mol. The maximum atomic E-state index is 11.6. The minimum atomic E-state index is -3.06. The van der Waals surface area contributed by atoms with Crippen molar-refractivity contribution in [3.05, 3.63) is 12.4 Å². The third kappa shape index (κ3) is 4.74. The topological polar surface area (TPSA) is 110 Å². The van der Waals surface area contributed by atoms with Gasteiger partial charge >= 0.3 is 6.03 Å². The summed E-state index contributed by atoms with van der Waals surface area (Å²) >= 11 is 1.21. The summed E-state index contributed by atoms with van der Waals surface area (Å²) in [6.07, 6.45) is 3.76. The van der Waals surface area contributed by atoms with Gasteiger partial charge in [-0.1, -0.05) is 11.8 Å². The van der Waals surface area contributed by atoms with E-state index in [1.54, 1.807) is 24.0 Å². The fraction of sp³-hybridized carbons (Fsp3) is 0.545. The average molecular weight is 332 g/mol. The van der Waals surface area contributed by atoms with Gasteiger partial charge in [0.15, 0.2) is 15.0 Å². The zero-order chi connectivity index (χ0) is 15.5. The summed E-state index contributed by atoms with van der Waals surface area (Å²) < 4.78 is 24.3. The molecule has 1 aromatic heterocycles. The van der Waals surface area contributed by atoms with Crippen LogP contribution < -0.4 is 10.6 Å². The number of nitrogens with zero attached hydrogens (tertiary/aromatic N) is 2. The SMILES string of the molecule is Cn1ccnc1SCC(=O)NC(=O)NC1CCS(=O)(=O)C1. The van der Waals surface area contributed by atoms with E-state index in [-0.39, 0.29) is 17.3 Å². The molecule has 2 heterocycles. The van der Waals surface area contributed by atoms with Gasteiger partial charge in [0.05, 0.1) is 17.3 Å². The van der Waals surface area contributed by atoms with Crippen molar-refractivity contribution in [1.82, 2.24) is 20.2 Å². The zero-order valence-corrected chi connectivity index (χ0v) is 13.0. The Kier molecular flexibility index (Phi) is 4.88. The molecule has 1 atom stereocenters. The number of imidazole rings is 1. The number of carbonyl (C=O) groups excluding carboxylic acids is 2. The van der Waals surface area contributed by atoms with Crippen LogP contribution >= 0.6 is 11.8 Å². The van der Waals surface area contributed by atoms with E-state index >= 15 is 0 Å². The van der Waals surface area contributed by atoms with E-state index in [0.717, 1.165) is 0 Å². The van der Waals surface area contributed by atoms with Gasteiger partial charge in [-0.15, -0.1) is 0 Å². The molecule has 3 amide bonds. The number of carbonyl (C=O) groups is 2. The van der Waals surface area contributed by atoms with Crippen molar-refractivity contribution >= 4 is 33.5 Å². The Bertz CT molecular complexity index is 640. The first-order valence-electron chi connectivity index (χ1n) is 6.26. The Hall–Kier alpha value is -1.55. The Morgan fingerprint density at radius 1 is 1.52 bits per heavy atom. The van der Waals surface area contributed by atoms with Gasteiger partial charge in [0.2, 0.25) is 5.91 Å². The van der Waals surface area contributed by atoms with E-state index in [1.165, 1.54) is 11.8 Å². The molecule has 1 saturated heterocycles. The highest BCUT2D eigenvalue weighted by Gasteiger charge is 2.29. The number of hydrogen-bond acceptors (Lipinski definition) is 6. The van der Waals surface area contributed by atoms with Gasteiger partial charge in [-0.3, -0.25) is 10.1 Å². The van der Waals surface area contributed by atoms with Crippen molar-refractivity contribution in [3.8, 4) is 0 Å². The third-order valence-electron chi connectivity index (χ3n) is 2.93. The number of urea groups is 1. The summed E-state index contributed by atoms with van der Waals surface area (Å²) in [5, 5.41) is 5.34. The number of aromatic nitrogens is 2. The van der Waals surface area contributed by atoms with Gasteiger partial charge in [-0.05, 0) is 6.42 Å². The van der Waals surface area contributed by atoms with E-state index in [4.69, 9.17) is 0 Å². The third-order valence-corrected chi connectivity index (χ3v) is 5.76. The van der Waals surface area contributed by atoms with Gasteiger partial charge < -0.3 is 9.88 Å². The zero-order valence-electron chi connectivity index (χ0n) is 11.4. The molecule has 21 heavy (non-hydrogen) atoms. The molecule has 116 valence electrons. The van der Waals surface area contributed by atoms with Crippen LogP contribution in [0.4, 0.5) is 4.79 Å². The molecule has 2 N–H and O–H groups in total. The van der Waals surface area contributed by atoms with Gasteiger partial charge in [0, 0.05) is 25.5 Å². The molecule has 0 radical (unpaired) electrons. The molecule has 0 saturated carbocycles. The molecule has 0 aliphatic carbocycles. The maximum absolute atomic E-state index is 11.6. The Morgan fingerprint density at radius 2 is 2.29 bits per heavy atom. The Balaban J connectivity index is 1.73. The van der Waals surface area contributed by atoms with Crippen LogP contribution in [-0.2, 0) is 21.7 Å². The number of imide groups is 1. The van der Waals surface area contributed by atoms with E-state index in [1.807, 2.05) is 0 Å². The van der Waals surface area contributed by atoms with E-state index in [9.17, 15) is 18.0 Å². The molecule has 0 aromatic carbocycles. The fourth-order valence-corrected chi connectivity index (χ4v) is 4.32. The highest BCUT2D eigenvalue weighted by Crippen LogP contribution is 2.13. The summed E-state index contributed by atoms with van der Waals surface area (Å²) in [5.41, 5.74) is 0. The smallest absolute Gasteiger partial charge is 0.321 e. The molecule has 1 aliphatic rings. The minimum Gasteiger partial charge on any atom is -0.334 e. The highest BCUT2D eigenvalue weighted by atomic mass is 32.2. The number of thioether (sulfide) groups is 1. The molecule has 1 fully saturated rings. The maximum Gasteiger partial charge on any atom is 0.321 e. The molecule has 1 unspecified atom stereocenters. The summed E-state index contributed by atoms with van der Waals surface area (Å²) in [5.74, 6) is -0.403. The fourth-order valence-electron chi connectivity index (χ4n) is 1.91. The predicted molar refractivity (Wildman–Crippen MR) is 77.7 cm³/mol. The van der Waals surface area contributed by atoms with Crippen LogP contribution in [-0.4, -0.2) is 53.2 Å². The van der Waals surface area contributed by atoms with E-state index in [0.29, 0.717) is 11.6 Å². The van der Waals surface area contributed by atoms with Crippen molar-refractivity contribution in [2.24, 2.45) is 7.05 Å². The standard InChI is InChI=1S/C11H16N4O4S2/c1-15-4-3-12-11(15)20-6-9(16)14-10(17)13-8-2-5-21(18,19)7-8/h3-4,8H,2,5-7H2,1H3,(H2,13,14,16,17). The van der Waals surface area contributed by atoms with E-state index in [2.05, 4.69) is 15.6 Å². The molecule has 0 spiro atoms. The van der Waals surface area contributed by atoms with Gasteiger partial charge in [-0.25, -0.2) is 18.2 Å². The second-order valence-electron chi connectivity index (χ2n) is 4.73. The molecule has 0 bridgehead atoms. The molecule has 8 nitrogen and oxygen atoms in total. The van der Waals surface area contributed by atoms with Crippen molar-refractivity contribution in [3.63, 3.8) is 0 Å². The van der Waals surface area contributed by atoms with Crippen LogP contribution in [0.2, 0.25) is 0 Å². The second-order valence-corrected chi connectivity index (χ2v) is 7.90. The number of sulfone groups is 1. The van der Waals surface area contributed by atoms with Crippen LogP contribution in [0.15, 0.2) is 17.6 Å². The number of nitrogens with one attached hydrogen (secondary N) is 2. The number of aryl methyl sites for hydroxylation is 1. The van der Waals surface area contributed by atoms with Crippen molar-refractivity contribution in [2.75, 3.05) is 17.3 Å². The van der Waals surface area contributed by atoms with E-state index < -0.39 is 27.8 Å². The van der Waals surface area contributed by atoms with Crippen LogP contribution in [0.25, 0.3) is 0 Å². The number of amides is 3. The lowest BCUT2D eigenvalue weighted by Crippen LogP contribution is -2.45. The Morgan fingerprint density at radius 3 is 2.86 bits per heavy atom. The van der Waals surface area contributed by atoms with Gasteiger partial charge in [0.1, 0.15) is 0 Å². The number of rotatable bonds is 4. The Labute approximate surface area is 126 Å². The highest BCUT2D eigenvalue weighted by molar-refractivity contribution is 7.99.